The molecular formula is C16H18N6O3. The molecule has 0 unspecified atom stereocenters. The zero-order valence-electron chi connectivity index (χ0n) is 14.2. The number of furan rings is 1. The van der Waals surface area contributed by atoms with E-state index in [0.717, 1.165) is 0 Å². The van der Waals surface area contributed by atoms with E-state index in [1.807, 2.05) is 19.0 Å². The number of amides is 1. The minimum absolute atomic E-state index is 0.151. The van der Waals surface area contributed by atoms with Gasteiger partial charge in [0.05, 0.1) is 23.6 Å². The predicted octanol–water partition coefficient (Wildman–Crippen LogP) is 0.902. The smallest absolute Gasteiger partial charge is 0.265 e. The molecule has 0 aliphatic rings. The van der Waals surface area contributed by atoms with Gasteiger partial charge in [-0.1, -0.05) is 0 Å². The summed E-state index contributed by atoms with van der Waals surface area (Å²) in [5, 5.41) is 2.84. The van der Waals surface area contributed by atoms with Gasteiger partial charge in [-0.15, -0.1) is 0 Å². The highest BCUT2D eigenvalue weighted by Gasteiger charge is 2.23. The highest BCUT2D eigenvalue weighted by atomic mass is 16.3. The molecule has 0 fully saturated rings. The molecule has 0 atom stereocenters. The molecule has 0 saturated carbocycles. The van der Waals surface area contributed by atoms with E-state index in [1.165, 1.54) is 29.6 Å². The molecule has 0 aromatic carbocycles. The van der Waals surface area contributed by atoms with Crippen molar-refractivity contribution in [2.45, 2.75) is 13.5 Å². The third-order valence-corrected chi connectivity index (χ3v) is 3.69. The molecule has 0 aliphatic heterocycles. The monoisotopic (exact) mass is 342 g/mol. The zero-order valence-corrected chi connectivity index (χ0v) is 14.2. The molecule has 0 radical (unpaired) electrons. The summed E-state index contributed by atoms with van der Waals surface area (Å²) < 4.78 is 6.96. The van der Waals surface area contributed by atoms with Gasteiger partial charge in [-0.2, -0.15) is 0 Å². The van der Waals surface area contributed by atoms with Gasteiger partial charge in [0.15, 0.2) is 0 Å². The third-order valence-electron chi connectivity index (χ3n) is 3.69. The van der Waals surface area contributed by atoms with Crippen LogP contribution in [0.25, 0.3) is 11.1 Å². The fourth-order valence-electron chi connectivity index (χ4n) is 2.44. The molecule has 0 aliphatic carbocycles. The SMILES string of the molecule is Cc1oc2ncn(CCN(C)C)c(=O)c2c1C(=O)Nc1cncnc1. The van der Waals surface area contributed by atoms with Gasteiger partial charge >= 0.3 is 0 Å². The molecule has 1 N–H and O–H groups in total. The summed E-state index contributed by atoms with van der Waals surface area (Å²) in [7, 11) is 3.83. The number of likely N-dealkylation sites (N-methyl/N-ethyl adjacent to an activating group) is 1. The maximum absolute atomic E-state index is 12.8. The molecular weight excluding hydrogens is 324 g/mol. The molecule has 3 heterocycles. The van der Waals surface area contributed by atoms with Crippen LogP contribution in [0.3, 0.4) is 0 Å². The fraction of sp³-hybridized carbons (Fsp3) is 0.312. The van der Waals surface area contributed by atoms with Crippen LogP contribution in [0.15, 0.2) is 34.3 Å². The Bertz CT molecular complexity index is 961. The van der Waals surface area contributed by atoms with E-state index < -0.39 is 5.91 Å². The summed E-state index contributed by atoms with van der Waals surface area (Å²) in [6.45, 7) is 2.76. The first-order valence-electron chi connectivity index (χ1n) is 7.67. The van der Waals surface area contributed by atoms with Crippen molar-refractivity contribution in [3.05, 3.63) is 46.7 Å². The highest BCUT2D eigenvalue weighted by Crippen LogP contribution is 2.22. The van der Waals surface area contributed by atoms with Gasteiger partial charge < -0.3 is 14.6 Å². The Hall–Kier alpha value is -3.07. The largest absolute Gasteiger partial charge is 0.442 e. The number of aromatic nitrogens is 4. The normalized spacial score (nSPS) is 11.2. The van der Waals surface area contributed by atoms with E-state index in [-0.39, 0.29) is 22.2 Å². The second-order valence-electron chi connectivity index (χ2n) is 5.84. The molecule has 3 aromatic heterocycles. The third kappa shape index (κ3) is 3.41. The van der Waals surface area contributed by atoms with Crippen molar-refractivity contribution in [1.82, 2.24) is 24.4 Å². The van der Waals surface area contributed by atoms with Crippen molar-refractivity contribution in [1.29, 1.82) is 0 Å². The number of hydrogen-bond acceptors (Lipinski definition) is 7. The first-order valence-corrected chi connectivity index (χ1v) is 7.67. The zero-order chi connectivity index (χ0) is 18.0. The summed E-state index contributed by atoms with van der Waals surface area (Å²) in [6, 6.07) is 0. The molecule has 9 heteroatoms. The molecule has 25 heavy (non-hydrogen) atoms. The molecule has 3 rings (SSSR count). The highest BCUT2D eigenvalue weighted by molar-refractivity contribution is 6.12. The molecule has 0 saturated heterocycles. The van der Waals surface area contributed by atoms with Gasteiger partial charge in [0.2, 0.25) is 5.71 Å². The lowest BCUT2D eigenvalue weighted by atomic mass is 10.1. The number of carbonyl (C=O) groups excluding carboxylic acids is 1. The Morgan fingerprint density at radius 2 is 2.04 bits per heavy atom. The van der Waals surface area contributed by atoms with Crippen LogP contribution >= 0.6 is 0 Å². The molecule has 3 aromatic rings. The van der Waals surface area contributed by atoms with Crippen molar-refractivity contribution in [3.63, 3.8) is 0 Å². The standard InChI is InChI=1S/C16H18N6O3/c1-10-12(14(23)20-11-6-17-8-18-7-11)13-15(25-10)19-9-22(16(13)24)5-4-21(2)3/h6-9H,4-5H2,1-3H3,(H,20,23). The van der Waals surface area contributed by atoms with Crippen molar-refractivity contribution >= 4 is 22.7 Å². The van der Waals surface area contributed by atoms with Crippen molar-refractivity contribution < 1.29 is 9.21 Å². The Kier molecular flexibility index (Phi) is 4.57. The summed E-state index contributed by atoms with van der Waals surface area (Å²) >= 11 is 0. The number of hydrogen-bond donors (Lipinski definition) is 1. The topological polar surface area (TPSA) is 106 Å². The van der Waals surface area contributed by atoms with Gasteiger partial charge in [-0.3, -0.25) is 14.2 Å². The van der Waals surface area contributed by atoms with Crippen LogP contribution in [-0.2, 0) is 6.54 Å². The predicted molar refractivity (Wildman–Crippen MR) is 91.5 cm³/mol. The molecule has 130 valence electrons. The van der Waals surface area contributed by atoms with Gasteiger partial charge in [0, 0.05) is 13.1 Å². The lowest BCUT2D eigenvalue weighted by Crippen LogP contribution is -2.27. The molecule has 9 nitrogen and oxygen atoms in total. The second-order valence-corrected chi connectivity index (χ2v) is 5.84. The average Bonchev–Trinajstić information content (AvgIpc) is 2.92. The number of nitrogens with zero attached hydrogens (tertiary/aromatic N) is 5. The Balaban J connectivity index is 2.02. The van der Waals surface area contributed by atoms with E-state index >= 15 is 0 Å². The average molecular weight is 342 g/mol. The first-order chi connectivity index (χ1) is 12.0. The van der Waals surface area contributed by atoms with Crippen LogP contribution in [0.4, 0.5) is 5.69 Å². The number of carbonyl (C=O) groups is 1. The van der Waals surface area contributed by atoms with Crippen LogP contribution in [0, 0.1) is 6.92 Å². The minimum Gasteiger partial charge on any atom is -0.442 e. The van der Waals surface area contributed by atoms with E-state index in [9.17, 15) is 9.59 Å². The van der Waals surface area contributed by atoms with Crippen molar-refractivity contribution in [2.24, 2.45) is 0 Å². The molecule has 1 amide bonds. The summed E-state index contributed by atoms with van der Waals surface area (Å²) in [6.07, 6.45) is 5.73. The maximum Gasteiger partial charge on any atom is 0.265 e. The molecule has 0 spiro atoms. The number of anilines is 1. The quantitative estimate of drug-likeness (QED) is 0.734. The van der Waals surface area contributed by atoms with Crippen molar-refractivity contribution in [2.75, 3.05) is 26.0 Å². The van der Waals surface area contributed by atoms with Crippen molar-refractivity contribution in [3.8, 4) is 0 Å². The lowest BCUT2D eigenvalue weighted by Gasteiger charge is -2.10. The van der Waals surface area contributed by atoms with Crippen LogP contribution in [0.2, 0.25) is 0 Å². The van der Waals surface area contributed by atoms with Gasteiger partial charge in [-0.25, -0.2) is 15.0 Å². The lowest BCUT2D eigenvalue weighted by molar-refractivity contribution is 0.102. The number of nitrogens with one attached hydrogen (secondary N) is 1. The van der Waals surface area contributed by atoms with Crippen LogP contribution in [0.1, 0.15) is 16.1 Å². The maximum atomic E-state index is 12.8. The first kappa shape index (κ1) is 16.8. The van der Waals surface area contributed by atoms with Crippen LogP contribution < -0.4 is 10.9 Å². The van der Waals surface area contributed by atoms with Gasteiger partial charge in [0.25, 0.3) is 11.5 Å². The summed E-state index contributed by atoms with van der Waals surface area (Å²) in [5.74, 6) is -0.130. The summed E-state index contributed by atoms with van der Waals surface area (Å²) in [4.78, 5) is 39.2. The fourth-order valence-corrected chi connectivity index (χ4v) is 2.44. The van der Waals surface area contributed by atoms with E-state index in [2.05, 4.69) is 20.3 Å². The van der Waals surface area contributed by atoms with Gasteiger partial charge in [0.1, 0.15) is 23.8 Å². The number of rotatable bonds is 5. The van der Waals surface area contributed by atoms with E-state index in [4.69, 9.17) is 4.42 Å². The van der Waals surface area contributed by atoms with E-state index in [0.29, 0.717) is 24.5 Å². The second kappa shape index (κ2) is 6.81. The Morgan fingerprint density at radius 1 is 1.32 bits per heavy atom. The van der Waals surface area contributed by atoms with E-state index in [1.54, 1.807) is 6.92 Å². The Labute approximate surface area is 143 Å². The van der Waals surface area contributed by atoms with Gasteiger partial charge in [-0.05, 0) is 21.0 Å². The minimum atomic E-state index is -0.463. The van der Waals surface area contributed by atoms with Crippen LogP contribution in [-0.4, -0.2) is 51.0 Å². The van der Waals surface area contributed by atoms with Crippen LogP contribution in [0.5, 0.6) is 0 Å². The number of aryl methyl sites for hydroxylation is 1. The Morgan fingerprint density at radius 3 is 2.72 bits per heavy atom. The molecule has 0 bridgehead atoms. The summed E-state index contributed by atoms with van der Waals surface area (Å²) in [5.41, 5.74) is 0.449. The number of fused-ring (bicyclic) bond motifs is 1.